The number of aromatic nitrogens is 2. The van der Waals surface area contributed by atoms with Gasteiger partial charge in [0.15, 0.2) is 0 Å². The van der Waals surface area contributed by atoms with Gasteiger partial charge in [0, 0.05) is 48.9 Å². The first-order valence-electron chi connectivity index (χ1n) is 9.13. The molecule has 2 N–H and O–H groups in total. The highest BCUT2D eigenvalue weighted by Crippen LogP contribution is 2.38. The maximum atomic E-state index is 10.9. The van der Waals surface area contributed by atoms with Gasteiger partial charge in [0.25, 0.3) is 0 Å². The second kappa shape index (κ2) is 7.71. The van der Waals surface area contributed by atoms with E-state index in [-0.39, 0.29) is 6.04 Å². The van der Waals surface area contributed by atoms with Crippen LogP contribution in [-0.4, -0.2) is 53.9 Å². The van der Waals surface area contributed by atoms with Gasteiger partial charge in [0.05, 0.1) is 31.0 Å². The Morgan fingerprint density at radius 1 is 1.28 bits per heavy atom. The van der Waals surface area contributed by atoms with Gasteiger partial charge in [-0.05, 0) is 18.6 Å². The Morgan fingerprint density at radius 3 is 2.79 bits per heavy atom. The van der Waals surface area contributed by atoms with Crippen LogP contribution in [-0.2, 0) is 0 Å². The molecule has 1 fully saturated rings. The lowest BCUT2D eigenvalue weighted by Crippen LogP contribution is -2.36. The number of nitrogens with zero attached hydrogens (tertiary/aromatic N) is 3. The summed E-state index contributed by atoms with van der Waals surface area (Å²) < 4.78 is 12.7. The lowest BCUT2D eigenvalue weighted by Gasteiger charge is -2.18. The number of nitrogens with one attached hydrogen (secondary N) is 1. The van der Waals surface area contributed by atoms with Crippen molar-refractivity contribution in [1.82, 2.24) is 14.7 Å². The van der Waals surface area contributed by atoms with E-state index in [0.717, 1.165) is 35.6 Å². The fourth-order valence-corrected chi connectivity index (χ4v) is 3.89. The normalized spacial score (nSPS) is 16.2. The Kier molecular flexibility index (Phi) is 5.10. The number of carbonyl (C=O) groups is 1. The summed E-state index contributed by atoms with van der Waals surface area (Å²) in [7, 11) is 3.15. The lowest BCUT2D eigenvalue weighted by molar-refractivity contribution is 0.191. The molecule has 152 valence electrons. The van der Waals surface area contributed by atoms with E-state index in [9.17, 15) is 4.79 Å². The number of rotatable bonds is 5. The van der Waals surface area contributed by atoms with E-state index in [1.165, 1.54) is 0 Å². The number of hydrogen-bond acceptors (Lipinski definition) is 5. The van der Waals surface area contributed by atoms with E-state index in [1.54, 1.807) is 26.4 Å². The molecule has 2 aromatic heterocycles. The van der Waals surface area contributed by atoms with Gasteiger partial charge in [0.1, 0.15) is 17.1 Å². The minimum atomic E-state index is -0.989. The summed E-state index contributed by atoms with van der Waals surface area (Å²) >= 11 is 6.30. The molecule has 4 rings (SSSR count). The molecule has 8 nitrogen and oxygen atoms in total. The Morgan fingerprint density at radius 2 is 2.07 bits per heavy atom. The molecular weight excluding hydrogens is 396 g/mol. The van der Waals surface area contributed by atoms with Gasteiger partial charge in [0.2, 0.25) is 0 Å². The monoisotopic (exact) mass is 416 g/mol. The minimum Gasteiger partial charge on any atom is -0.496 e. The van der Waals surface area contributed by atoms with Crippen LogP contribution in [0.1, 0.15) is 6.42 Å². The first-order valence-corrected chi connectivity index (χ1v) is 9.51. The molecule has 3 heterocycles. The number of methoxy groups -OCH3 is 2. The number of carboxylic acid groups (broad SMARTS) is 1. The lowest BCUT2D eigenvalue weighted by atomic mass is 10.1. The van der Waals surface area contributed by atoms with Crippen LogP contribution >= 0.6 is 11.6 Å². The number of amides is 1. The zero-order valence-electron chi connectivity index (χ0n) is 16.1. The molecule has 0 aliphatic carbocycles. The number of pyridine rings is 1. The van der Waals surface area contributed by atoms with Crippen molar-refractivity contribution < 1.29 is 19.4 Å². The third-order valence-electron chi connectivity index (χ3n) is 5.07. The molecule has 1 unspecified atom stereocenters. The van der Waals surface area contributed by atoms with Crippen molar-refractivity contribution in [3.8, 4) is 22.8 Å². The number of anilines is 1. The van der Waals surface area contributed by atoms with Crippen molar-refractivity contribution in [2.75, 3.05) is 32.2 Å². The topological polar surface area (TPSA) is 88.3 Å². The van der Waals surface area contributed by atoms with Crippen molar-refractivity contribution >= 4 is 29.0 Å². The fourth-order valence-electron chi connectivity index (χ4n) is 3.65. The molecule has 0 saturated carbocycles. The van der Waals surface area contributed by atoms with Crippen LogP contribution < -0.4 is 19.7 Å². The number of halogens is 1. The maximum absolute atomic E-state index is 10.9. The highest BCUT2D eigenvalue weighted by atomic mass is 35.5. The molecule has 0 spiro atoms. The predicted molar refractivity (Wildman–Crippen MR) is 111 cm³/mol. The summed E-state index contributed by atoms with van der Waals surface area (Å²) in [5, 5.41) is 11.9. The van der Waals surface area contributed by atoms with E-state index in [1.807, 2.05) is 28.9 Å². The third-order valence-corrected chi connectivity index (χ3v) is 5.37. The zero-order chi connectivity index (χ0) is 20.5. The Labute approximate surface area is 172 Å². The summed E-state index contributed by atoms with van der Waals surface area (Å²) in [4.78, 5) is 17.7. The van der Waals surface area contributed by atoms with Crippen molar-refractivity contribution in [1.29, 1.82) is 0 Å². The van der Waals surface area contributed by atoms with Gasteiger partial charge in [-0.3, -0.25) is 0 Å². The van der Waals surface area contributed by atoms with Crippen LogP contribution in [0.25, 0.3) is 16.9 Å². The van der Waals surface area contributed by atoms with E-state index in [2.05, 4.69) is 10.2 Å². The van der Waals surface area contributed by atoms with Crippen LogP contribution in [0.5, 0.6) is 11.5 Å². The van der Waals surface area contributed by atoms with Crippen molar-refractivity contribution in [2.24, 2.45) is 0 Å². The smallest absolute Gasteiger partial charge is 0.404 e. The molecular formula is C20H21ClN4O4. The van der Waals surface area contributed by atoms with Crippen molar-refractivity contribution in [2.45, 2.75) is 12.5 Å². The molecule has 9 heteroatoms. The largest absolute Gasteiger partial charge is 0.496 e. The molecule has 0 bridgehead atoms. The maximum Gasteiger partial charge on any atom is 0.404 e. The average Bonchev–Trinajstić information content (AvgIpc) is 3.33. The molecule has 1 aromatic carbocycles. The highest BCUT2D eigenvalue weighted by Gasteiger charge is 2.24. The predicted octanol–water partition coefficient (Wildman–Crippen LogP) is 3.52. The van der Waals surface area contributed by atoms with Crippen LogP contribution in [0.15, 0.2) is 36.7 Å². The second-order valence-corrected chi connectivity index (χ2v) is 7.25. The highest BCUT2D eigenvalue weighted by molar-refractivity contribution is 6.32. The van der Waals surface area contributed by atoms with Crippen molar-refractivity contribution in [3.63, 3.8) is 0 Å². The second-order valence-electron chi connectivity index (χ2n) is 6.84. The van der Waals surface area contributed by atoms with E-state index in [0.29, 0.717) is 23.1 Å². The summed E-state index contributed by atoms with van der Waals surface area (Å²) in [6.45, 7) is 1.43. The molecule has 3 aromatic rings. The Hall–Kier alpha value is -3.13. The van der Waals surface area contributed by atoms with Crippen LogP contribution in [0.2, 0.25) is 5.02 Å². The quantitative estimate of drug-likeness (QED) is 0.661. The molecule has 1 aliphatic rings. The minimum absolute atomic E-state index is 0.0651. The van der Waals surface area contributed by atoms with E-state index in [4.69, 9.17) is 31.2 Å². The molecule has 1 amide bonds. The molecule has 1 saturated heterocycles. The van der Waals surface area contributed by atoms with Crippen LogP contribution in [0.3, 0.4) is 0 Å². The average molecular weight is 417 g/mol. The van der Waals surface area contributed by atoms with E-state index < -0.39 is 6.09 Å². The third kappa shape index (κ3) is 3.75. The van der Waals surface area contributed by atoms with Gasteiger partial charge >= 0.3 is 6.09 Å². The zero-order valence-corrected chi connectivity index (χ0v) is 16.8. The van der Waals surface area contributed by atoms with Gasteiger partial charge in [-0.25, -0.2) is 9.78 Å². The van der Waals surface area contributed by atoms with Crippen LogP contribution in [0, 0.1) is 0 Å². The SMILES string of the molecule is COc1cc(OC)c(-c2cn3ccc(N4CCC(NC(=O)O)C4)cc3n2)cc1Cl. The Balaban J connectivity index is 1.65. The fraction of sp³-hybridized carbons (Fsp3) is 0.300. The molecule has 1 aliphatic heterocycles. The Bertz CT molecular complexity index is 1070. The van der Waals surface area contributed by atoms with E-state index >= 15 is 0 Å². The summed E-state index contributed by atoms with van der Waals surface area (Å²) in [5.41, 5.74) is 3.29. The molecule has 0 radical (unpaired) electrons. The first-order chi connectivity index (χ1) is 14.0. The van der Waals surface area contributed by atoms with Gasteiger partial charge in [-0.2, -0.15) is 0 Å². The number of ether oxygens (including phenoxy) is 2. The van der Waals surface area contributed by atoms with Crippen LogP contribution in [0.4, 0.5) is 10.5 Å². The number of fused-ring (bicyclic) bond motifs is 1. The summed E-state index contributed by atoms with van der Waals surface area (Å²) in [6, 6.07) is 7.45. The number of hydrogen-bond donors (Lipinski definition) is 2. The summed E-state index contributed by atoms with van der Waals surface area (Å²) in [5.74, 6) is 1.16. The number of imidazole rings is 1. The van der Waals surface area contributed by atoms with Gasteiger partial charge in [-0.1, -0.05) is 11.6 Å². The molecule has 29 heavy (non-hydrogen) atoms. The summed E-state index contributed by atoms with van der Waals surface area (Å²) in [6.07, 6.45) is 3.64. The number of benzene rings is 1. The molecule has 1 atom stereocenters. The van der Waals surface area contributed by atoms with Gasteiger partial charge < -0.3 is 29.2 Å². The van der Waals surface area contributed by atoms with Crippen molar-refractivity contribution in [3.05, 3.63) is 41.7 Å². The van der Waals surface area contributed by atoms with Gasteiger partial charge in [-0.15, -0.1) is 0 Å². The standard InChI is InChI=1S/C20H21ClN4O4/c1-28-17-9-18(29-2)15(21)8-14(17)16-11-25-6-4-13(7-19(25)23-16)24-5-3-12(10-24)22-20(26)27/h4,6-9,11-12,22H,3,5,10H2,1-2H3,(H,26,27). The first kappa shape index (κ1) is 19.2.